The van der Waals surface area contributed by atoms with Gasteiger partial charge < -0.3 is 10.2 Å². The van der Waals surface area contributed by atoms with Gasteiger partial charge >= 0.3 is 0 Å². The zero-order valence-corrected chi connectivity index (χ0v) is 15.1. The summed E-state index contributed by atoms with van der Waals surface area (Å²) in [5.41, 5.74) is 1.92. The number of phenolic OH excluding ortho intramolecular Hbond substituents is 2. The van der Waals surface area contributed by atoms with Gasteiger partial charge in [0.2, 0.25) is 0 Å². The van der Waals surface area contributed by atoms with Crippen LogP contribution in [0.15, 0.2) is 12.1 Å². The first-order valence-corrected chi connectivity index (χ1v) is 9.19. The van der Waals surface area contributed by atoms with Crippen molar-refractivity contribution in [3.8, 4) is 11.5 Å². The van der Waals surface area contributed by atoms with Crippen molar-refractivity contribution in [1.82, 2.24) is 0 Å². The number of carbonyl (C=O) groups is 1. The van der Waals surface area contributed by atoms with Crippen LogP contribution in [0.4, 0.5) is 0 Å². The lowest BCUT2D eigenvalue weighted by atomic mass is 9.43. The van der Waals surface area contributed by atoms with Crippen molar-refractivity contribution in [3.05, 3.63) is 23.3 Å². The zero-order valence-electron chi connectivity index (χ0n) is 15.1. The maximum absolute atomic E-state index is 12.5. The summed E-state index contributed by atoms with van der Waals surface area (Å²) in [7, 11) is 0. The molecule has 0 amide bonds. The van der Waals surface area contributed by atoms with Gasteiger partial charge in [-0.2, -0.15) is 0 Å². The number of benzene rings is 1. The van der Waals surface area contributed by atoms with Crippen LogP contribution in [0.1, 0.15) is 64.5 Å². The van der Waals surface area contributed by atoms with Gasteiger partial charge in [-0.1, -0.05) is 27.7 Å². The Hall–Kier alpha value is -1.51. The zero-order chi connectivity index (χ0) is 17.5. The average Bonchev–Trinajstić information content (AvgIpc) is 2.77. The topological polar surface area (TPSA) is 57.5 Å². The number of Topliss-reactive ketones (excluding diaryl/α,β-unsaturated/α-hetero) is 1. The second kappa shape index (κ2) is 4.56. The van der Waals surface area contributed by atoms with Crippen molar-refractivity contribution in [3.63, 3.8) is 0 Å². The monoisotopic (exact) mass is 328 g/mol. The second-order valence-electron chi connectivity index (χ2n) is 9.42. The second-order valence-corrected chi connectivity index (χ2v) is 9.42. The molecule has 0 unspecified atom stereocenters. The van der Waals surface area contributed by atoms with Gasteiger partial charge in [0, 0.05) is 28.9 Å². The van der Waals surface area contributed by atoms with Gasteiger partial charge in [0.25, 0.3) is 0 Å². The fourth-order valence-electron chi connectivity index (χ4n) is 6.82. The molecular formula is C21H28O3. The highest BCUT2D eigenvalue weighted by Crippen LogP contribution is 2.67. The predicted molar refractivity (Wildman–Crippen MR) is 93.2 cm³/mol. The number of aromatic hydroxyl groups is 2. The van der Waals surface area contributed by atoms with E-state index in [4.69, 9.17) is 0 Å². The highest BCUT2D eigenvalue weighted by molar-refractivity contribution is 5.85. The van der Waals surface area contributed by atoms with E-state index in [1.165, 1.54) is 6.07 Å². The standard InChI is InChI=1S/C21H28O3/c1-19(2)15-5-7-21(4)16(20(15,3)8-6-17(19)24)10-12-9-13(22)11-14(23)18(12)21/h9,11,15-16,22-23H,5-8,10H2,1-4H3/t15-,16+,20-,21+/m1/s1. The van der Waals surface area contributed by atoms with E-state index in [0.717, 1.165) is 36.8 Å². The number of carbonyl (C=O) groups excluding carboxylic acids is 1. The summed E-state index contributed by atoms with van der Waals surface area (Å²) in [5.74, 6) is 1.61. The van der Waals surface area contributed by atoms with Gasteiger partial charge in [-0.3, -0.25) is 4.79 Å². The molecule has 2 N–H and O–H groups in total. The Morgan fingerprint density at radius 2 is 1.75 bits per heavy atom. The molecule has 130 valence electrons. The van der Waals surface area contributed by atoms with Gasteiger partial charge in [-0.25, -0.2) is 0 Å². The third kappa shape index (κ3) is 1.76. The predicted octanol–water partition coefficient (Wildman–Crippen LogP) is 4.33. The smallest absolute Gasteiger partial charge is 0.138 e. The van der Waals surface area contributed by atoms with Crippen molar-refractivity contribution >= 4 is 5.78 Å². The van der Waals surface area contributed by atoms with Crippen molar-refractivity contribution in [2.45, 2.75) is 65.2 Å². The minimum Gasteiger partial charge on any atom is -0.508 e. The molecule has 0 aliphatic heterocycles. The van der Waals surface area contributed by atoms with Crippen LogP contribution in [0.5, 0.6) is 11.5 Å². The summed E-state index contributed by atoms with van der Waals surface area (Å²) in [6.45, 7) is 8.92. The van der Waals surface area contributed by atoms with Crippen molar-refractivity contribution in [1.29, 1.82) is 0 Å². The maximum Gasteiger partial charge on any atom is 0.138 e. The first-order chi connectivity index (χ1) is 11.1. The first kappa shape index (κ1) is 16.0. The van der Waals surface area contributed by atoms with Crippen LogP contribution >= 0.6 is 0 Å². The molecule has 0 bridgehead atoms. The molecule has 0 heterocycles. The van der Waals surface area contributed by atoms with Crippen LogP contribution in [0.3, 0.4) is 0 Å². The molecule has 0 radical (unpaired) electrons. The molecule has 2 fully saturated rings. The van der Waals surface area contributed by atoms with Crippen LogP contribution in [0.2, 0.25) is 0 Å². The summed E-state index contributed by atoms with van der Waals surface area (Å²) < 4.78 is 0. The molecule has 1 aromatic rings. The molecule has 0 aromatic heterocycles. The summed E-state index contributed by atoms with van der Waals surface area (Å²) in [6.07, 6.45) is 4.54. The Balaban J connectivity index is 1.84. The number of hydrogen-bond acceptors (Lipinski definition) is 3. The third-order valence-electron chi connectivity index (χ3n) is 7.97. The first-order valence-electron chi connectivity index (χ1n) is 9.19. The molecule has 4 rings (SSSR count). The number of phenols is 2. The Bertz CT molecular complexity index is 735. The minimum absolute atomic E-state index is 0.0607. The lowest BCUT2D eigenvalue weighted by Crippen LogP contribution is -2.57. The molecule has 3 heteroatoms. The van der Waals surface area contributed by atoms with E-state index in [2.05, 4.69) is 27.7 Å². The maximum atomic E-state index is 12.5. The largest absolute Gasteiger partial charge is 0.508 e. The van der Waals surface area contributed by atoms with E-state index >= 15 is 0 Å². The molecule has 0 saturated heterocycles. The fourth-order valence-corrected chi connectivity index (χ4v) is 6.82. The van der Waals surface area contributed by atoms with Gasteiger partial charge in [-0.05, 0) is 54.6 Å². The normalized spacial score (nSPS) is 39.9. The van der Waals surface area contributed by atoms with Crippen LogP contribution in [-0.4, -0.2) is 16.0 Å². The van der Waals surface area contributed by atoms with E-state index in [1.807, 2.05) is 6.07 Å². The Labute approximate surface area is 144 Å². The third-order valence-corrected chi connectivity index (χ3v) is 7.97. The van der Waals surface area contributed by atoms with Crippen LogP contribution < -0.4 is 0 Å². The quantitative estimate of drug-likeness (QED) is 0.745. The average molecular weight is 328 g/mol. The highest BCUT2D eigenvalue weighted by Gasteiger charge is 2.63. The van der Waals surface area contributed by atoms with E-state index in [0.29, 0.717) is 24.0 Å². The molecule has 4 atom stereocenters. The Morgan fingerprint density at radius 3 is 2.46 bits per heavy atom. The van der Waals surface area contributed by atoms with Gasteiger partial charge in [0.15, 0.2) is 0 Å². The summed E-state index contributed by atoms with van der Waals surface area (Å²) in [4.78, 5) is 12.5. The van der Waals surface area contributed by atoms with Crippen LogP contribution in [0, 0.1) is 22.7 Å². The molecular weight excluding hydrogens is 300 g/mol. The Morgan fingerprint density at radius 1 is 1.04 bits per heavy atom. The molecule has 1 aromatic carbocycles. The molecule has 2 saturated carbocycles. The fraction of sp³-hybridized carbons (Fsp3) is 0.667. The van der Waals surface area contributed by atoms with Gasteiger partial charge in [0.05, 0.1) is 0 Å². The summed E-state index contributed by atoms with van der Waals surface area (Å²) in [5, 5.41) is 20.4. The SMILES string of the molecule is CC1(C)C(=O)CC[C@]2(C)[C@@H]1CC[C@]1(C)c3c(O)cc(O)cc3C[C@@H]21. The minimum atomic E-state index is -0.257. The summed E-state index contributed by atoms with van der Waals surface area (Å²) >= 11 is 0. The van der Waals surface area contributed by atoms with E-state index in [1.54, 1.807) is 0 Å². The number of fused-ring (bicyclic) bond motifs is 5. The molecule has 3 nitrogen and oxygen atoms in total. The van der Waals surface area contributed by atoms with E-state index in [9.17, 15) is 15.0 Å². The summed E-state index contributed by atoms with van der Waals surface area (Å²) in [6, 6.07) is 3.31. The molecule has 3 aliphatic carbocycles. The van der Waals surface area contributed by atoms with Crippen LogP contribution in [-0.2, 0) is 16.6 Å². The Kier molecular flexibility index (Phi) is 3.04. The number of rotatable bonds is 0. The lowest BCUT2D eigenvalue weighted by Gasteiger charge is -2.60. The molecule has 24 heavy (non-hydrogen) atoms. The van der Waals surface area contributed by atoms with Gasteiger partial charge in [-0.15, -0.1) is 0 Å². The van der Waals surface area contributed by atoms with E-state index in [-0.39, 0.29) is 27.7 Å². The van der Waals surface area contributed by atoms with Crippen molar-refractivity contribution in [2.75, 3.05) is 0 Å². The molecule has 0 spiro atoms. The number of hydrogen-bond donors (Lipinski definition) is 2. The van der Waals surface area contributed by atoms with Crippen LogP contribution in [0.25, 0.3) is 0 Å². The van der Waals surface area contributed by atoms with Crippen molar-refractivity contribution < 1.29 is 15.0 Å². The lowest BCUT2D eigenvalue weighted by molar-refractivity contribution is -0.151. The molecule has 3 aliphatic rings. The van der Waals surface area contributed by atoms with Gasteiger partial charge in [0.1, 0.15) is 17.3 Å². The van der Waals surface area contributed by atoms with Crippen molar-refractivity contribution in [2.24, 2.45) is 22.7 Å². The number of ketones is 1. The van der Waals surface area contributed by atoms with E-state index < -0.39 is 0 Å². The highest BCUT2D eigenvalue weighted by atomic mass is 16.3.